The van der Waals surface area contributed by atoms with E-state index in [2.05, 4.69) is 4.74 Å². The van der Waals surface area contributed by atoms with Gasteiger partial charge in [0.25, 0.3) is 10.0 Å². The van der Waals surface area contributed by atoms with Crippen LogP contribution in [0.2, 0.25) is 0 Å². The number of carbonyl (C=O) groups excluding carboxylic acids is 2. The van der Waals surface area contributed by atoms with Crippen molar-refractivity contribution in [1.82, 2.24) is 0 Å². The highest BCUT2D eigenvalue weighted by molar-refractivity contribution is 7.92. The number of ether oxygens (including phenoxy) is 1. The number of hydrogen-bond acceptors (Lipinski definition) is 7. The van der Waals surface area contributed by atoms with Crippen LogP contribution in [0.3, 0.4) is 0 Å². The summed E-state index contributed by atoms with van der Waals surface area (Å²) in [4.78, 5) is 24.7. The second-order valence-corrected chi connectivity index (χ2v) is 8.50. The van der Waals surface area contributed by atoms with Crippen LogP contribution in [-0.2, 0) is 10.0 Å². The van der Waals surface area contributed by atoms with Crippen LogP contribution in [0.5, 0.6) is 17.2 Å². The number of ketones is 2. The summed E-state index contributed by atoms with van der Waals surface area (Å²) >= 11 is 0. The number of phenols is 2. The van der Waals surface area contributed by atoms with Crippen LogP contribution in [0, 0.1) is 0 Å². The molecule has 0 aliphatic heterocycles. The van der Waals surface area contributed by atoms with Gasteiger partial charge in [0.2, 0.25) is 0 Å². The van der Waals surface area contributed by atoms with Crippen LogP contribution < -0.4 is 9.46 Å². The molecule has 0 bridgehead atoms. The number of carbonyl (C=O) groups is 2. The third-order valence-corrected chi connectivity index (χ3v) is 6.18. The fourth-order valence-electron chi connectivity index (χ4n) is 3.38. The average Bonchev–Trinajstić information content (AvgIpc) is 2.74. The van der Waals surface area contributed by atoms with E-state index in [4.69, 9.17) is 0 Å². The van der Waals surface area contributed by atoms with Gasteiger partial charge >= 0.3 is 6.36 Å². The van der Waals surface area contributed by atoms with Crippen molar-refractivity contribution in [1.29, 1.82) is 0 Å². The van der Waals surface area contributed by atoms with E-state index in [0.717, 1.165) is 30.3 Å². The molecule has 8 nitrogen and oxygen atoms in total. The number of sulfonamides is 1. The largest absolute Gasteiger partial charge is 0.573 e. The zero-order valence-corrected chi connectivity index (χ0v) is 17.0. The molecule has 0 aromatic heterocycles. The molecule has 12 heteroatoms. The number of alkyl halides is 3. The van der Waals surface area contributed by atoms with Crippen LogP contribution in [0.25, 0.3) is 0 Å². The number of benzene rings is 3. The third-order valence-electron chi connectivity index (χ3n) is 4.77. The van der Waals surface area contributed by atoms with Crippen molar-refractivity contribution in [2.75, 3.05) is 4.72 Å². The van der Waals surface area contributed by atoms with Crippen molar-refractivity contribution < 1.29 is 46.1 Å². The molecule has 3 aromatic carbocycles. The SMILES string of the molecule is O=C1c2ccccc2C(=O)c2c1cc(NS(=O)(=O)c1ccccc1OC(F)(F)F)c(O)c2O. The molecular formula is C21H12F3NO7S. The molecule has 0 spiro atoms. The Kier molecular flexibility index (Phi) is 5.04. The van der Waals surface area contributed by atoms with Crippen LogP contribution in [-0.4, -0.2) is 36.6 Å². The lowest BCUT2D eigenvalue weighted by Gasteiger charge is -2.21. The molecule has 0 fully saturated rings. The first-order valence-corrected chi connectivity index (χ1v) is 10.5. The van der Waals surface area contributed by atoms with Crippen molar-refractivity contribution in [3.8, 4) is 17.2 Å². The number of nitrogens with one attached hydrogen (secondary N) is 1. The Balaban J connectivity index is 1.81. The zero-order chi connectivity index (χ0) is 24.1. The maximum Gasteiger partial charge on any atom is 0.573 e. The van der Waals surface area contributed by atoms with Crippen molar-refractivity contribution in [2.24, 2.45) is 0 Å². The minimum atomic E-state index is -5.18. The molecule has 0 amide bonds. The predicted octanol–water partition coefficient (Wildman–Crippen LogP) is 3.57. The Hall–Kier alpha value is -4.06. The third kappa shape index (κ3) is 3.84. The molecule has 0 radical (unpaired) electrons. The van der Waals surface area contributed by atoms with Gasteiger partial charge in [-0.1, -0.05) is 36.4 Å². The maximum atomic E-state index is 12.8. The van der Waals surface area contributed by atoms with E-state index in [1.807, 2.05) is 4.72 Å². The number of anilines is 1. The fraction of sp³-hybridized carbons (Fsp3) is 0.0476. The van der Waals surface area contributed by atoms with E-state index >= 15 is 0 Å². The molecule has 170 valence electrons. The van der Waals surface area contributed by atoms with Crippen LogP contribution >= 0.6 is 0 Å². The van der Waals surface area contributed by atoms with Gasteiger partial charge < -0.3 is 14.9 Å². The Morgan fingerprint density at radius 3 is 2.03 bits per heavy atom. The second kappa shape index (κ2) is 7.52. The smallest absolute Gasteiger partial charge is 0.504 e. The highest BCUT2D eigenvalue weighted by Gasteiger charge is 2.36. The van der Waals surface area contributed by atoms with Gasteiger partial charge in [-0.05, 0) is 18.2 Å². The van der Waals surface area contributed by atoms with Crippen LogP contribution in [0.1, 0.15) is 31.8 Å². The number of aromatic hydroxyl groups is 2. The van der Waals surface area contributed by atoms with Gasteiger partial charge in [-0.2, -0.15) is 0 Å². The van der Waals surface area contributed by atoms with Crippen molar-refractivity contribution in [3.63, 3.8) is 0 Å². The van der Waals surface area contributed by atoms with E-state index in [1.165, 1.54) is 24.3 Å². The Morgan fingerprint density at radius 2 is 1.39 bits per heavy atom. The van der Waals surface area contributed by atoms with Gasteiger partial charge in [-0.15, -0.1) is 13.2 Å². The summed E-state index contributed by atoms with van der Waals surface area (Å²) in [5.41, 5.74) is -1.67. The standard InChI is InChI=1S/C21H12F3NO7S/c22-21(23,24)32-14-7-3-4-8-15(14)33(30,31)25-13-9-12-16(20(29)19(13)28)18(27)11-6-2-1-5-10(11)17(12)26/h1-9,25,28-29H. The number of phenolic OH excluding ortho intramolecular Hbond substituents is 2. The number of halogens is 3. The Bertz CT molecular complexity index is 1430. The van der Waals surface area contributed by atoms with Crippen LogP contribution in [0.4, 0.5) is 18.9 Å². The molecule has 0 saturated carbocycles. The molecule has 0 heterocycles. The molecular weight excluding hydrogens is 467 g/mol. The molecule has 0 saturated heterocycles. The summed E-state index contributed by atoms with van der Waals surface area (Å²) in [5.74, 6) is -4.69. The van der Waals surface area contributed by atoms with Crippen LogP contribution in [0.15, 0.2) is 59.5 Å². The first kappa shape index (κ1) is 22.1. The molecule has 4 rings (SSSR count). The van der Waals surface area contributed by atoms with Gasteiger partial charge in [-0.25, -0.2) is 8.42 Å². The normalized spacial score (nSPS) is 13.3. The van der Waals surface area contributed by atoms with Gasteiger partial charge in [0, 0.05) is 16.7 Å². The number of para-hydroxylation sites is 1. The van der Waals surface area contributed by atoms with E-state index < -0.39 is 66.9 Å². The monoisotopic (exact) mass is 479 g/mol. The average molecular weight is 479 g/mol. The number of hydrogen-bond donors (Lipinski definition) is 3. The Labute approximate surface area is 183 Å². The lowest BCUT2D eigenvalue weighted by Crippen LogP contribution is -2.23. The van der Waals surface area contributed by atoms with E-state index in [1.54, 1.807) is 0 Å². The summed E-state index contributed by atoms with van der Waals surface area (Å²) in [7, 11) is -4.82. The summed E-state index contributed by atoms with van der Waals surface area (Å²) in [6.07, 6.45) is -5.18. The summed E-state index contributed by atoms with van der Waals surface area (Å²) in [6, 6.07) is 10.4. The summed E-state index contributed by atoms with van der Waals surface area (Å²) in [5, 5.41) is 20.7. The highest BCUT2D eigenvalue weighted by Crippen LogP contribution is 2.44. The lowest BCUT2D eigenvalue weighted by molar-refractivity contribution is -0.275. The highest BCUT2D eigenvalue weighted by atomic mass is 32.2. The molecule has 3 N–H and O–H groups in total. The molecule has 1 aliphatic rings. The molecule has 0 unspecified atom stereocenters. The van der Waals surface area contributed by atoms with Gasteiger partial charge in [0.05, 0.1) is 11.3 Å². The summed E-state index contributed by atoms with van der Waals surface area (Å²) in [6.45, 7) is 0. The van der Waals surface area contributed by atoms with Crippen molar-refractivity contribution in [3.05, 3.63) is 76.9 Å². The first-order valence-electron chi connectivity index (χ1n) is 9.05. The second-order valence-electron chi connectivity index (χ2n) is 6.85. The maximum absolute atomic E-state index is 12.8. The first-order chi connectivity index (χ1) is 15.4. The summed E-state index contributed by atoms with van der Waals surface area (Å²) < 4.78 is 69.1. The fourth-order valence-corrected chi connectivity index (χ4v) is 4.57. The molecule has 1 aliphatic carbocycles. The molecule has 0 atom stereocenters. The minimum Gasteiger partial charge on any atom is -0.504 e. The minimum absolute atomic E-state index is 0.00202. The lowest BCUT2D eigenvalue weighted by atomic mass is 9.83. The number of fused-ring (bicyclic) bond motifs is 2. The van der Waals surface area contributed by atoms with Crippen molar-refractivity contribution in [2.45, 2.75) is 11.3 Å². The van der Waals surface area contributed by atoms with E-state index in [9.17, 15) is 41.4 Å². The van der Waals surface area contributed by atoms with E-state index in [-0.39, 0.29) is 11.1 Å². The van der Waals surface area contributed by atoms with E-state index in [0.29, 0.717) is 0 Å². The van der Waals surface area contributed by atoms with Crippen molar-refractivity contribution >= 4 is 27.3 Å². The molecule has 3 aromatic rings. The van der Waals surface area contributed by atoms with Gasteiger partial charge in [0.1, 0.15) is 10.6 Å². The quantitative estimate of drug-likeness (QED) is 0.382. The topological polar surface area (TPSA) is 130 Å². The zero-order valence-electron chi connectivity index (χ0n) is 16.2. The van der Waals surface area contributed by atoms with Gasteiger partial charge in [-0.3, -0.25) is 14.3 Å². The number of rotatable bonds is 4. The Morgan fingerprint density at radius 1 is 0.818 bits per heavy atom. The molecule has 33 heavy (non-hydrogen) atoms. The predicted molar refractivity (Wildman–Crippen MR) is 107 cm³/mol. The van der Waals surface area contributed by atoms with Gasteiger partial charge in [0.15, 0.2) is 23.1 Å².